The number of carbonyl (C=O) groups is 1. The largest absolute Gasteiger partial charge is 0.496 e. The first-order valence-corrected chi connectivity index (χ1v) is 6.88. The molecule has 0 bridgehead atoms. The van der Waals surface area contributed by atoms with E-state index in [1.54, 1.807) is 7.11 Å². The number of carboxylic acid groups (broad SMARTS) is 1. The molecule has 0 saturated carbocycles. The molecule has 0 aromatic heterocycles. The molecule has 4 nitrogen and oxygen atoms in total. The molecule has 0 spiro atoms. The van der Waals surface area contributed by atoms with Crippen molar-refractivity contribution in [2.75, 3.05) is 12.9 Å². The lowest BCUT2D eigenvalue weighted by molar-refractivity contribution is -0.137. The summed E-state index contributed by atoms with van der Waals surface area (Å²) < 4.78 is 6.19. The van der Waals surface area contributed by atoms with Gasteiger partial charge in [0, 0.05) is 21.5 Å². The number of halogens is 1. The molecule has 0 saturated heterocycles. The molecule has 0 radical (unpaired) electrons. The minimum atomic E-state index is -0.973. The molecule has 17 heavy (non-hydrogen) atoms. The van der Waals surface area contributed by atoms with Crippen LogP contribution in [0.25, 0.3) is 0 Å². The normalized spacial score (nSPS) is 12.2. The van der Waals surface area contributed by atoms with Gasteiger partial charge in [-0.25, -0.2) is 0 Å². The van der Waals surface area contributed by atoms with Crippen LogP contribution < -0.4 is 10.5 Å². The van der Waals surface area contributed by atoms with Crippen molar-refractivity contribution in [3.63, 3.8) is 0 Å². The number of ether oxygens (including phenoxy) is 1. The molecular formula is C11H14BrNO3S. The molecule has 0 aliphatic heterocycles. The second-order valence-corrected chi connectivity index (χ2v) is 5.36. The van der Waals surface area contributed by atoms with Crippen molar-refractivity contribution in [2.45, 2.75) is 11.8 Å². The smallest absolute Gasteiger partial charge is 0.321 e. The Morgan fingerprint density at radius 3 is 2.94 bits per heavy atom. The molecule has 3 N–H and O–H groups in total. The molecule has 1 atom stereocenters. The number of rotatable bonds is 6. The van der Waals surface area contributed by atoms with Crippen molar-refractivity contribution in [2.24, 2.45) is 5.73 Å². The number of carboxylic acids is 1. The van der Waals surface area contributed by atoms with Gasteiger partial charge in [0.15, 0.2) is 0 Å². The second kappa shape index (κ2) is 6.88. The molecule has 6 heteroatoms. The van der Waals surface area contributed by atoms with Gasteiger partial charge in [-0.3, -0.25) is 4.79 Å². The van der Waals surface area contributed by atoms with Gasteiger partial charge < -0.3 is 15.6 Å². The minimum absolute atomic E-state index is 0.380. The topological polar surface area (TPSA) is 72.5 Å². The van der Waals surface area contributed by atoms with Crippen molar-refractivity contribution in [1.29, 1.82) is 0 Å². The predicted octanol–water partition coefficient (Wildman–Crippen LogP) is 2.10. The number of thioether (sulfide) groups is 1. The summed E-state index contributed by atoms with van der Waals surface area (Å²) in [6.45, 7) is 0. The molecule has 0 unspecified atom stereocenters. The summed E-state index contributed by atoms with van der Waals surface area (Å²) in [4.78, 5) is 10.5. The Balaban J connectivity index is 2.56. The Kier molecular flexibility index (Phi) is 5.80. The minimum Gasteiger partial charge on any atom is -0.496 e. The average molecular weight is 320 g/mol. The predicted molar refractivity (Wildman–Crippen MR) is 72.5 cm³/mol. The van der Waals surface area contributed by atoms with Gasteiger partial charge in [-0.15, -0.1) is 0 Å². The van der Waals surface area contributed by atoms with E-state index in [0.29, 0.717) is 11.5 Å². The van der Waals surface area contributed by atoms with E-state index >= 15 is 0 Å². The lowest BCUT2D eigenvalue weighted by Crippen LogP contribution is -2.32. The lowest BCUT2D eigenvalue weighted by Gasteiger charge is -2.10. The monoisotopic (exact) mass is 319 g/mol. The number of nitrogens with two attached hydrogens (primary N) is 1. The summed E-state index contributed by atoms with van der Waals surface area (Å²) in [5, 5.41) is 8.65. The van der Waals surface area contributed by atoms with Gasteiger partial charge in [0.25, 0.3) is 0 Å². The Hall–Kier alpha value is -0.720. The third-order valence-corrected chi connectivity index (χ3v) is 3.72. The van der Waals surface area contributed by atoms with E-state index < -0.39 is 12.0 Å². The van der Waals surface area contributed by atoms with E-state index in [0.717, 1.165) is 15.8 Å². The molecule has 0 amide bonds. The third-order valence-electron chi connectivity index (χ3n) is 2.11. The van der Waals surface area contributed by atoms with Crippen molar-refractivity contribution in [1.82, 2.24) is 0 Å². The third kappa shape index (κ3) is 4.57. The number of hydrogen-bond acceptors (Lipinski definition) is 4. The molecular weight excluding hydrogens is 306 g/mol. The van der Waals surface area contributed by atoms with Crippen LogP contribution in [-0.2, 0) is 10.5 Å². The van der Waals surface area contributed by atoms with E-state index in [2.05, 4.69) is 15.9 Å². The highest BCUT2D eigenvalue weighted by molar-refractivity contribution is 9.10. The van der Waals surface area contributed by atoms with Crippen LogP contribution in [0.3, 0.4) is 0 Å². The van der Waals surface area contributed by atoms with E-state index in [1.807, 2.05) is 18.2 Å². The fourth-order valence-corrected chi connectivity index (χ4v) is 2.60. The van der Waals surface area contributed by atoms with Crippen LogP contribution in [0, 0.1) is 0 Å². The average Bonchev–Trinajstić information content (AvgIpc) is 2.29. The standard InChI is InChI=1S/C11H14BrNO3S/c1-16-10-3-2-8(12)4-7(10)5-17-6-9(13)11(14)15/h2-4,9H,5-6,13H2,1H3,(H,14,15)/t9-/m1/s1. The molecule has 0 aliphatic carbocycles. The maximum atomic E-state index is 10.5. The van der Waals surface area contributed by atoms with Gasteiger partial charge in [0.2, 0.25) is 0 Å². The lowest BCUT2D eigenvalue weighted by atomic mass is 10.2. The van der Waals surface area contributed by atoms with Crippen LogP contribution in [0.2, 0.25) is 0 Å². The van der Waals surface area contributed by atoms with E-state index in [1.165, 1.54) is 11.8 Å². The zero-order valence-corrected chi connectivity index (χ0v) is 11.8. The molecule has 0 fully saturated rings. The molecule has 1 aromatic rings. The maximum Gasteiger partial charge on any atom is 0.321 e. The Morgan fingerprint density at radius 1 is 1.65 bits per heavy atom. The van der Waals surface area contributed by atoms with Crippen molar-refractivity contribution < 1.29 is 14.6 Å². The highest BCUT2D eigenvalue weighted by Crippen LogP contribution is 2.26. The van der Waals surface area contributed by atoms with Crippen molar-refractivity contribution in [3.05, 3.63) is 28.2 Å². The van der Waals surface area contributed by atoms with Crippen molar-refractivity contribution in [3.8, 4) is 5.75 Å². The highest BCUT2D eigenvalue weighted by atomic mass is 79.9. The molecule has 1 aromatic carbocycles. The summed E-state index contributed by atoms with van der Waals surface area (Å²) in [5.41, 5.74) is 6.44. The zero-order chi connectivity index (χ0) is 12.8. The van der Waals surface area contributed by atoms with Crippen LogP contribution in [0.5, 0.6) is 5.75 Å². The van der Waals surface area contributed by atoms with Crippen LogP contribution in [0.1, 0.15) is 5.56 Å². The first kappa shape index (κ1) is 14.3. The van der Waals surface area contributed by atoms with Gasteiger partial charge >= 0.3 is 5.97 Å². The Morgan fingerprint density at radius 2 is 2.35 bits per heavy atom. The number of methoxy groups -OCH3 is 1. The van der Waals surface area contributed by atoms with Crippen LogP contribution >= 0.6 is 27.7 Å². The number of hydrogen-bond donors (Lipinski definition) is 2. The van der Waals surface area contributed by atoms with Crippen LogP contribution in [0.15, 0.2) is 22.7 Å². The Labute approximate surface area is 113 Å². The summed E-state index contributed by atoms with van der Waals surface area (Å²) >= 11 is 4.86. The van der Waals surface area contributed by atoms with Gasteiger partial charge in [0.1, 0.15) is 11.8 Å². The first-order valence-electron chi connectivity index (χ1n) is 4.93. The van der Waals surface area contributed by atoms with Gasteiger partial charge in [-0.1, -0.05) is 15.9 Å². The molecule has 0 heterocycles. The van der Waals surface area contributed by atoms with Gasteiger partial charge in [-0.05, 0) is 18.2 Å². The van der Waals surface area contributed by atoms with Gasteiger partial charge in [0.05, 0.1) is 7.11 Å². The van der Waals surface area contributed by atoms with E-state index in [-0.39, 0.29) is 0 Å². The quantitative estimate of drug-likeness (QED) is 0.840. The fourth-order valence-electron chi connectivity index (χ4n) is 1.23. The first-order chi connectivity index (χ1) is 8.04. The fraction of sp³-hybridized carbons (Fsp3) is 0.364. The molecule has 1 rings (SSSR count). The van der Waals surface area contributed by atoms with E-state index in [4.69, 9.17) is 15.6 Å². The molecule has 0 aliphatic rings. The Bertz CT molecular complexity index is 400. The van der Waals surface area contributed by atoms with Crippen molar-refractivity contribution >= 4 is 33.7 Å². The molecule has 94 valence electrons. The van der Waals surface area contributed by atoms with Gasteiger partial charge in [-0.2, -0.15) is 11.8 Å². The highest BCUT2D eigenvalue weighted by Gasteiger charge is 2.12. The van der Waals surface area contributed by atoms with Crippen LogP contribution in [-0.4, -0.2) is 30.0 Å². The SMILES string of the molecule is COc1ccc(Br)cc1CSC[C@@H](N)C(=O)O. The van der Waals surface area contributed by atoms with Crippen LogP contribution in [0.4, 0.5) is 0 Å². The maximum absolute atomic E-state index is 10.5. The van der Waals surface area contributed by atoms with E-state index in [9.17, 15) is 4.79 Å². The summed E-state index contributed by atoms with van der Waals surface area (Å²) in [6, 6.07) is 4.91. The second-order valence-electron chi connectivity index (χ2n) is 3.42. The number of aliphatic carboxylic acids is 1. The zero-order valence-electron chi connectivity index (χ0n) is 9.35. The number of benzene rings is 1. The summed E-state index contributed by atoms with van der Waals surface area (Å²) in [5.74, 6) is 0.873. The summed E-state index contributed by atoms with van der Waals surface area (Å²) in [7, 11) is 1.61. The summed E-state index contributed by atoms with van der Waals surface area (Å²) in [6.07, 6.45) is 0.